The van der Waals surface area contributed by atoms with Gasteiger partial charge in [-0.3, -0.25) is 9.78 Å². The molecule has 0 saturated heterocycles. The van der Waals surface area contributed by atoms with E-state index in [1.165, 1.54) is 6.92 Å². The van der Waals surface area contributed by atoms with Crippen LogP contribution in [0.15, 0.2) is 60.7 Å². The number of pyridine rings is 1. The summed E-state index contributed by atoms with van der Waals surface area (Å²) >= 11 is 6.29. The molecule has 3 aromatic rings. The molecular formula is C19H17ClN2O. The summed E-state index contributed by atoms with van der Waals surface area (Å²) in [5, 5.41) is 4.72. The van der Waals surface area contributed by atoms with Crippen molar-refractivity contribution in [1.29, 1.82) is 0 Å². The van der Waals surface area contributed by atoms with Gasteiger partial charge in [0.1, 0.15) is 0 Å². The number of aromatic nitrogens is 1. The number of fused-ring (bicyclic) bond motifs is 1. The molecular weight excluding hydrogens is 308 g/mol. The van der Waals surface area contributed by atoms with Gasteiger partial charge in [0.25, 0.3) is 0 Å². The molecule has 3 rings (SSSR count). The van der Waals surface area contributed by atoms with E-state index >= 15 is 0 Å². The van der Waals surface area contributed by atoms with E-state index in [1.807, 2.05) is 54.6 Å². The molecule has 1 aromatic heterocycles. The molecule has 2 aromatic carbocycles. The van der Waals surface area contributed by atoms with Crippen molar-refractivity contribution in [3.8, 4) is 0 Å². The van der Waals surface area contributed by atoms with Crippen molar-refractivity contribution in [3.63, 3.8) is 0 Å². The molecule has 1 unspecified atom stereocenters. The first-order valence-corrected chi connectivity index (χ1v) is 7.87. The van der Waals surface area contributed by atoms with Crippen molar-refractivity contribution in [1.82, 2.24) is 10.3 Å². The number of amides is 1. The number of rotatable bonds is 4. The van der Waals surface area contributed by atoms with Crippen LogP contribution in [-0.2, 0) is 11.2 Å². The first-order chi connectivity index (χ1) is 11.1. The number of carbonyl (C=O) groups is 1. The van der Waals surface area contributed by atoms with Gasteiger partial charge >= 0.3 is 0 Å². The number of carbonyl (C=O) groups excluding carboxylic acids is 1. The number of benzene rings is 2. The minimum atomic E-state index is -0.199. The Morgan fingerprint density at radius 1 is 1.09 bits per heavy atom. The highest BCUT2D eigenvalue weighted by Gasteiger charge is 2.17. The van der Waals surface area contributed by atoms with Gasteiger partial charge < -0.3 is 5.32 Å². The maximum atomic E-state index is 11.6. The van der Waals surface area contributed by atoms with Crippen LogP contribution in [0.3, 0.4) is 0 Å². The molecule has 1 heterocycles. The molecule has 0 aliphatic rings. The Morgan fingerprint density at radius 2 is 1.83 bits per heavy atom. The zero-order chi connectivity index (χ0) is 16.2. The molecule has 1 amide bonds. The molecule has 0 fully saturated rings. The van der Waals surface area contributed by atoms with E-state index in [-0.39, 0.29) is 11.9 Å². The van der Waals surface area contributed by atoms with Crippen molar-refractivity contribution in [2.75, 3.05) is 0 Å². The molecule has 0 saturated carbocycles. The normalized spacial score (nSPS) is 12.1. The quantitative estimate of drug-likeness (QED) is 0.777. The van der Waals surface area contributed by atoms with Gasteiger partial charge in [-0.05, 0) is 23.8 Å². The predicted octanol–water partition coefficient (Wildman–Crippen LogP) is 4.31. The van der Waals surface area contributed by atoms with E-state index in [2.05, 4.69) is 16.4 Å². The molecule has 0 aliphatic carbocycles. The summed E-state index contributed by atoms with van der Waals surface area (Å²) in [6, 6.07) is 19.4. The van der Waals surface area contributed by atoms with E-state index in [1.54, 1.807) is 0 Å². The van der Waals surface area contributed by atoms with Gasteiger partial charge in [-0.15, -0.1) is 0 Å². The molecule has 1 atom stereocenters. The van der Waals surface area contributed by atoms with E-state index in [4.69, 9.17) is 11.6 Å². The van der Waals surface area contributed by atoms with Crippen LogP contribution in [0.4, 0.5) is 0 Å². The third-order valence-corrected chi connectivity index (χ3v) is 4.07. The van der Waals surface area contributed by atoms with Gasteiger partial charge in [0, 0.05) is 29.4 Å². The fraction of sp³-hybridized carbons (Fsp3) is 0.158. The summed E-state index contributed by atoms with van der Waals surface area (Å²) in [5.74, 6) is -0.0873. The molecule has 0 aliphatic heterocycles. The second-order valence-corrected chi connectivity index (χ2v) is 5.88. The van der Waals surface area contributed by atoms with Gasteiger partial charge in [-0.25, -0.2) is 0 Å². The maximum Gasteiger partial charge on any atom is 0.217 e. The van der Waals surface area contributed by atoms with Gasteiger partial charge in [0.2, 0.25) is 5.91 Å². The number of nitrogens with zero attached hydrogens (tertiary/aromatic N) is 1. The van der Waals surface area contributed by atoms with E-state index < -0.39 is 0 Å². The fourth-order valence-electron chi connectivity index (χ4n) is 2.67. The second-order valence-electron chi connectivity index (χ2n) is 5.47. The van der Waals surface area contributed by atoms with Crippen LogP contribution in [0.1, 0.15) is 24.2 Å². The summed E-state index contributed by atoms with van der Waals surface area (Å²) in [6.07, 6.45) is 0.591. The highest BCUT2D eigenvalue weighted by atomic mass is 35.5. The minimum absolute atomic E-state index is 0.0873. The lowest BCUT2D eigenvalue weighted by Gasteiger charge is -2.19. The standard InChI is InChI=1S/C19H17ClN2O/c1-13(23)21-19(16-7-3-4-8-17(16)20)12-15-11-10-14-6-2-5-9-18(14)22-15/h2-11,19H,12H2,1H3,(H,21,23). The molecule has 23 heavy (non-hydrogen) atoms. The maximum absolute atomic E-state index is 11.6. The van der Waals surface area contributed by atoms with Crippen LogP contribution in [0.2, 0.25) is 5.02 Å². The fourth-order valence-corrected chi connectivity index (χ4v) is 2.94. The highest BCUT2D eigenvalue weighted by Crippen LogP contribution is 2.26. The smallest absolute Gasteiger partial charge is 0.217 e. The van der Waals surface area contributed by atoms with Crippen molar-refractivity contribution < 1.29 is 4.79 Å². The van der Waals surface area contributed by atoms with Gasteiger partial charge in [-0.1, -0.05) is 54.1 Å². The van der Waals surface area contributed by atoms with E-state index in [0.717, 1.165) is 22.2 Å². The third-order valence-electron chi connectivity index (χ3n) is 3.73. The molecule has 1 N–H and O–H groups in total. The Morgan fingerprint density at radius 3 is 2.61 bits per heavy atom. The number of hydrogen-bond acceptors (Lipinski definition) is 2. The Labute approximate surface area is 140 Å². The Balaban J connectivity index is 1.93. The topological polar surface area (TPSA) is 42.0 Å². The van der Waals surface area contributed by atoms with Gasteiger partial charge in [0.05, 0.1) is 11.6 Å². The third kappa shape index (κ3) is 3.69. The highest BCUT2D eigenvalue weighted by molar-refractivity contribution is 6.31. The Bertz CT molecular complexity index is 847. The summed E-state index contributed by atoms with van der Waals surface area (Å²) in [5.41, 5.74) is 2.77. The Kier molecular flexibility index (Phi) is 4.58. The van der Waals surface area contributed by atoms with Crippen LogP contribution in [0.25, 0.3) is 10.9 Å². The number of halogens is 1. The summed E-state index contributed by atoms with van der Waals surface area (Å²) in [6.45, 7) is 1.51. The molecule has 116 valence electrons. The van der Waals surface area contributed by atoms with Crippen molar-refractivity contribution in [3.05, 3.63) is 76.9 Å². The first kappa shape index (κ1) is 15.5. The molecule has 0 radical (unpaired) electrons. The van der Waals surface area contributed by atoms with E-state index in [0.29, 0.717) is 11.4 Å². The van der Waals surface area contributed by atoms with Crippen LogP contribution < -0.4 is 5.32 Å². The summed E-state index contributed by atoms with van der Waals surface area (Å²) < 4.78 is 0. The van der Waals surface area contributed by atoms with Crippen LogP contribution in [0.5, 0.6) is 0 Å². The number of hydrogen-bond donors (Lipinski definition) is 1. The summed E-state index contributed by atoms with van der Waals surface area (Å²) in [7, 11) is 0. The minimum Gasteiger partial charge on any atom is -0.349 e. The average molecular weight is 325 g/mol. The van der Waals surface area contributed by atoms with Crippen molar-refractivity contribution in [2.24, 2.45) is 0 Å². The lowest BCUT2D eigenvalue weighted by atomic mass is 10.0. The largest absolute Gasteiger partial charge is 0.349 e. The SMILES string of the molecule is CC(=O)NC(Cc1ccc2ccccc2n1)c1ccccc1Cl. The molecule has 3 nitrogen and oxygen atoms in total. The molecule has 0 bridgehead atoms. The monoisotopic (exact) mass is 324 g/mol. The zero-order valence-electron chi connectivity index (χ0n) is 12.8. The number of nitrogens with one attached hydrogen (secondary N) is 1. The van der Waals surface area contributed by atoms with E-state index in [9.17, 15) is 4.79 Å². The lowest BCUT2D eigenvalue weighted by Crippen LogP contribution is -2.28. The average Bonchev–Trinajstić information content (AvgIpc) is 2.54. The van der Waals surface area contributed by atoms with Gasteiger partial charge in [0.15, 0.2) is 0 Å². The predicted molar refractivity (Wildman–Crippen MR) is 93.5 cm³/mol. The second kappa shape index (κ2) is 6.80. The zero-order valence-corrected chi connectivity index (χ0v) is 13.5. The lowest BCUT2D eigenvalue weighted by molar-refractivity contribution is -0.119. The van der Waals surface area contributed by atoms with Crippen LogP contribution >= 0.6 is 11.6 Å². The summed E-state index contributed by atoms with van der Waals surface area (Å²) in [4.78, 5) is 16.2. The molecule has 4 heteroatoms. The van der Waals surface area contributed by atoms with Crippen LogP contribution in [0, 0.1) is 0 Å². The first-order valence-electron chi connectivity index (χ1n) is 7.49. The van der Waals surface area contributed by atoms with Crippen molar-refractivity contribution >= 4 is 28.4 Å². The molecule has 0 spiro atoms. The van der Waals surface area contributed by atoms with Crippen molar-refractivity contribution in [2.45, 2.75) is 19.4 Å². The van der Waals surface area contributed by atoms with Gasteiger partial charge in [-0.2, -0.15) is 0 Å². The van der Waals surface area contributed by atoms with Crippen LogP contribution in [-0.4, -0.2) is 10.9 Å². The number of para-hydroxylation sites is 1. The Hall–Kier alpha value is -2.39.